The highest BCUT2D eigenvalue weighted by atomic mass is 32.1. The zero-order valence-corrected chi connectivity index (χ0v) is 11.3. The van der Waals surface area contributed by atoms with E-state index in [0.29, 0.717) is 6.04 Å². The van der Waals surface area contributed by atoms with Gasteiger partial charge in [0, 0.05) is 12.3 Å². The Morgan fingerprint density at radius 1 is 1.67 bits per heavy atom. The van der Waals surface area contributed by atoms with E-state index in [1.54, 1.807) is 4.57 Å². The van der Waals surface area contributed by atoms with Gasteiger partial charge in [0.15, 0.2) is 4.77 Å². The molecule has 0 amide bonds. The summed E-state index contributed by atoms with van der Waals surface area (Å²) < 4.78 is 1.81. The number of H-pyrrole nitrogens is 1. The summed E-state index contributed by atoms with van der Waals surface area (Å²) in [5.74, 6) is -0.0949. The Labute approximate surface area is 110 Å². The van der Waals surface area contributed by atoms with Crippen LogP contribution in [0, 0.1) is 4.77 Å². The Bertz CT molecular complexity index is 584. The van der Waals surface area contributed by atoms with Gasteiger partial charge in [0.05, 0.1) is 6.04 Å². The monoisotopic (exact) mass is 267 g/mol. The number of aromatic nitrogens is 2. The Morgan fingerprint density at radius 3 is 2.89 bits per heavy atom. The fraction of sp³-hybridized carbons (Fsp3) is 0.583. The van der Waals surface area contributed by atoms with Crippen molar-refractivity contribution in [2.75, 3.05) is 0 Å². The maximum Gasteiger partial charge on any atom is 0.264 e. The average Bonchev–Trinajstić information content (AvgIpc) is 3.11. The molecule has 0 spiro atoms. The molecule has 1 fully saturated rings. The van der Waals surface area contributed by atoms with E-state index >= 15 is 0 Å². The van der Waals surface area contributed by atoms with E-state index in [1.807, 2.05) is 13.8 Å². The maximum absolute atomic E-state index is 11.8. The lowest BCUT2D eigenvalue weighted by Gasteiger charge is -2.16. The van der Waals surface area contributed by atoms with Gasteiger partial charge in [0.1, 0.15) is 5.56 Å². The first-order valence-electron chi connectivity index (χ1n) is 6.15. The molecule has 1 aromatic heterocycles. The topological polar surface area (TPSA) is 70.4 Å². The third-order valence-corrected chi connectivity index (χ3v) is 3.44. The molecule has 1 heterocycles. The fourth-order valence-electron chi connectivity index (χ4n) is 1.66. The minimum Gasteiger partial charge on any atom is -0.494 e. The van der Waals surface area contributed by atoms with Crippen LogP contribution in [0.5, 0.6) is 5.88 Å². The summed E-state index contributed by atoms with van der Waals surface area (Å²) in [7, 11) is 0. The smallest absolute Gasteiger partial charge is 0.264 e. The second-order valence-electron chi connectivity index (χ2n) is 4.63. The summed E-state index contributed by atoms with van der Waals surface area (Å²) in [5, 5.41) is 10.2. The number of hydrogen-bond donors (Lipinski definition) is 2. The average molecular weight is 267 g/mol. The molecule has 2 rings (SSSR count). The zero-order valence-electron chi connectivity index (χ0n) is 10.5. The third kappa shape index (κ3) is 2.53. The molecule has 18 heavy (non-hydrogen) atoms. The number of aliphatic imine (C=N–C) groups is 1. The summed E-state index contributed by atoms with van der Waals surface area (Å²) in [4.78, 5) is 18.6. The molecular weight excluding hydrogens is 250 g/mol. The Morgan fingerprint density at radius 2 is 2.33 bits per heavy atom. The van der Waals surface area contributed by atoms with Crippen LogP contribution in [0.1, 0.15) is 44.7 Å². The number of hydrogen-bond acceptors (Lipinski definition) is 4. The highest BCUT2D eigenvalue weighted by Gasteiger charge is 2.20. The first kappa shape index (κ1) is 13.0. The van der Waals surface area contributed by atoms with E-state index in [4.69, 9.17) is 12.2 Å². The predicted octanol–water partition coefficient (Wildman–Crippen LogP) is 2.16. The molecular formula is C12H17N3O2S. The van der Waals surface area contributed by atoms with E-state index < -0.39 is 0 Å². The highest BCUT2D eigenvalue weighted by Crippen LogP contribution is 2.24. The molecule has 0 unspecified atom stereocenters. The largest absolute Gasteiger partial charge is 0.494 e. The molecule has 98 valence electrons. The summed E-state index contributed by atoms with van der Waals surface area (Å²) in [6, 6.07) is 0.339. The van der Waals surface area contributed by atoms with Crippen LogP contribution in [0.25, 0.3) is 0 Å². The van der Waals surface area contributed by atoms with Gasteiger partial charge in [-0.2, -0.15) is 0 Å². The highest BCUT2D eigenvalue weighted by molar-refractivity contribution is 7.71. The van der Waals surface area contributed by atoms with Gasteiger partial charge in [0.25, 0.3) is 5.56 Å². The predicted molar refractivity (Wildman–Crippen MR) is 73.2 cm³/mol. The van der Waals surface area contributed by atoms with Crippen LogP contribution in [0.15, 0.2) is 9.79 Å². The van der Waals surface area contributed by atoms with E-state index in [-0.39, 0.29) is 27.8 Å². The standard InChI is InChI=1S/C12H17N3O2S/c1-3-7(2)15-11(17)9(6-13-8-4-5-8)10(16)14-12(15)18/h6-8,17H,3-5H2,1-2H3,(H,14,16,18)/t7-/m1/s1. The Kier molecular flexibility index (Phi) is 3.65. The van der Waals surface area contributed by atoms with E-state index in [1.165, 1.54) is 6.21 Å². The van der Waals surface area contributed by atoms with Crippen molar-refractivity contribution in [3.8, 4) is 5.88 Å². The summed E-state index contributed by atoms with van der Waals surface area (Å²) in [6.45, 7) is 3.94. The number of aromatic hydroxyl groups is 1. The van der Waals surface area contributed by atoms with Crippen molar-refractivity contribution < 1.29 is 5.11 Å². The molecule has 1 atom stereocenters. The van der Waals surface area contributed by atoms with Crippen molar-refractivity contribution in [2.45, 2.75) is 45.2 Å². The number of nitrogens with one attached hydrogen (secondary N) is 1. The molecule has 0 bridgehead atoms. The van der Waals surface area contributed by atoms with Crippen LogP contribution in [-0.4, -0.2) is 26.9 Å². The van der Waals surface area contributed by atoms with E-state index in [2.05, 4.69) is 9.98 Å². The van der Waals surface area contributed by atoms with Gasteiger partial charge in [-0.3, -0.25) is 19.3 Å². The van der Waals surface area contributed by atoms with Gasteiger partial charge in [-0.1, -0.05) is 6.92 Å². The summed E-state index contributed by atoms with van der Waals surface area (Å²) in [5.41, 5.74) is -0.197. The van der Waals surface area contributed by atoms with E-state index in [9.17, 15) is 9.90 Å². The molecule has 0 saturated heterocycles. The molecule has 1 aliphatic rings. The molecule has 0 aliphatic heterocycles. The van der Waals surface area contributed by atoms with Crippen LogP contribution < -0.4 is 5.56 Å². The van der Waals surface area contributed by atoms with Crippen molar-refractivity contribution in [1.29, 1.82) is 0 Å². The molecule has 1 aliphatic carbocycles. The number of nitrogens with zero attached hydrogens (tertiary/aromatic N) is 2. The summed E-state index contributed by atoms with van der Waals surface area (Å²) in [6.07, 6.45) is 4.38. The normalized spacial score (nSPS) is 17.2. The lowest BCUT2D eigenvalue weighted by atomic mass is 10.2. The van der Waals surface area contributed by atoms with Crippen LogP contribution in [0.3, 0.4) is 0 Å². The molecule has 0 radical (unpaired) electrons. The minimum atomic E-state index is -0.388. The zero-order chi connectivity index (χ0) is 13.3. The fourth-order valence-corrected chi connectivity index (χ4v) is 2.02. The van der Waals surface area contributed by atoms with Crippen molar-refractivity contribution in [3.63, 3.8) is 0 Å². The SMILES string of the molecule is CC[C@@H](C)n1c(O)c(C=NC2CC2)c(=O)[nH]c1=S. The van der Waals surface area contributed by atoms with Gasteiger partial charge in [-0.05, 0) is 38.4 Å². The van der Waals surface area contributed by atoms with Crippen LogP contribution in [0.4, 0.5) is 0 Å². The van der Waals surface area contributed by atoms with Crippen LogP contribution >= 0.6 is 12.2 Å². The molecule has 1 aromatic rings. The number of rotatable bonds is 4. The van der Waals surface area contributed by atoms with E-state index in [0.717, 1.165) is 19.3 Å². The van der Waals surface area contributed by atoms with Crippen molar-refractivity contribution in [3.05, 3.63) is 20.7 Å². The van der Waals surface area contributed by atoms with Gasteiger partial charge >= 0.3 is 0 Å². The lowest BCUT2D eigenvalue weighted by Crippen LogP contribution is -2.20. The van der Waals surface area contributed by atoms with Crippen LogP contribution in [-0.2, 0) is 0 Å². The van der Waals surface area contributed by atoms with Gasteiger partial charge in [0.2, 0.25) is 5.88 Å². The second kappa shape index (κ2) is 5.06. The van der Waals surface area contributed by atoms with Gasteiger partial charge in [-0.15, -0.1) is 0 Å². The minimum absolute atomic E-state index is 0.0300. The van der Waals surface area contributed by atoms with Crippen molar-refractivity contribution in [2.24, 2.45) is 4.99 Å². The molecule has 5 nitrogen and oxygen atoms in total. The molecule has 1 saturated carbocycles. The quantitative estimate of drug-likeness (QED) is 0.648. The Hall–Kier alpha value is -1.43. The van der Waals surface area contributed by atoms with Crippen molar-refractivity contribution >= 4 is 18.4 Å². The first-order chi connectivity index (χ1) is 8.54. The van der Waals surface area contributed by atoms with Gasteiger partial charge < -0.3 is 5.11 Å². The molecule has 0 aromatic carbocycles. The third-order valence-electron chi connectivity index (χ3n) is 3.15. The summed E-state index contributed by atoms with van der Waals surface area (Å²) >= 11 is 5.08. The number of aromatic amines is 1. The van der Waals surface area contributed by atoms with Crippen LogP contribution in [0.2, 0.25) is 0 Å². The lowest BCUT2D eigenvalue weighted by molar-refractivity contribution is 0.371. The van der Waals surface area contributed by atoms with Crippen molar-refractivity contribution in [1.82, 2.24) is 9.55 Å². The molecule has 6 heteroatoms. The van der Waals surface area contributed by atoms with Gasteiger partial charge in [-0.25, -0.2) is 0 Å². The maximum atomic E-state index is 11.8. The molecule has 2 N–H and O–H groups in total. The second-order valence-corrected chi connectivity index (χ2v) is 5.02. The Balaban J connectivity index is 2.51. The first-order valence-corrected chi connectivity index (χ1v) is 6.56.